The Morgan fingerprint density at radius 1 is 0.750 bits per heavy atom. The standard InChI is InChI=1S/C26H30O2/c1-2-3-9-22-14-16-23(17-15-22)10-6-4-5-7-11-24-18-20-25(21-19-24)12-8-13-26(27)28/h4-7,10-11,14-21H,2-3,8-9,12-13H2,1H3,(H,27,28). The summed E-state index contributed by atoms with van der Waals surface area (Å²) < 4.78 is 0. The van der Waals surface area contributed by atoms with Gasteiger partial charge in [-0.05, 0) is 47.9 Å². The molecule has 1 N–H and O–H groups in total. The lowest BCUT2D eigenvalue weighted by Gasteiger charge is -2.00. The molecule has 28 heavy (non-hydrogen) atoms. The maximum Gasteiger partial charge on any atom is 0.303 e. The van der Waals surface area contributed by atoms with Crippen LogP contribution in [0.15, 0.2) is 72.8 Å². The molecular weight excluding hydrogens is 344 g/mol. The first kappa shape index (κ1) is 21.4. The first-order chi connectivity index (χ1) is 13.7. The van der Waals surface area contributed by atoms with Crippen molar-refractivity contribution in [2.45, 2.75) is 45.4 Å². The van der Waals surface area contributed by atoms with E-state index in [2.05, 4.69) is 73.7 Å². The maximum atomic E-state index is 10.5. The average molecular weight is 375 g/mol. The van der Waals surface area contributed by atoms with Crippen LogP contribution in [0, 0.1) is 0 Å². The topological polar surface area (TPSA) is 37.3 Å². The van der Waals surface area contributed by atoms with E-state index in [1.54, 1.807) is 0 Å². The van der Waals surface area contributed by atoms with Crippen LogP contribution in [0.4, 0.5) is 0 Å². The number of carboxylic acids is 1. The fourth-order valence-corrected chi connectivity index (χ4v) is 2.88. The van der Waals surface area contributed by atoms with Crippen LogP contribution in [0.1, 0.15) is 54.9 Å². The predicted octanol–water partition coefficient (Wildman–Crippen LogP) is 6.72. The Bertz CT molecular complexity index is 793. The second-order valence-corrected chi connectivity index (χ2v) is 6.94. The second-order valence-electron chi connectivity index (χ2n) is 6.94. The molecule has 0 aliphatic carbocycles. The van der Waals surface area contributed by atoms with Gasteiger partial charge in [-0.3, -0.25) is 4.79 Å². The van der Waals surface area contributed by atoms with Gasteiger partial charge in [0.1, 0.15) is 0 Å². The van der Waals surface area contributed by atoms with Gasteiger partial charge in [0, 0.05) is 6.42 Å². The van der Waals surface area contributed by atoms with Crippen LogP contribution < -0.4 is 0 Å². The Morgan fingerprint density at radius 3 is 1.64 bits per heavy atom. The number of allylic oxidation sites excluding steroid dienone is 4. The largest absolute Gasteiger partial charge is 0.481 e. The molecule has 0 saturated heterocycles. The highest BCUT2D eigenvalue weighted by atomic mass is 16.4. The summed E-state index contributed by atoms with van der Waals surface area (Å²) >= 11 is 0. The average Bonchev–Trinajstić information content (AvgIpc) is 2.70. The van der Waals surface area contributed by atoms with E-state index in [1.807, 2.05) is 18.2 Å². The predicted molar refractivity (Wildman–Crippen MR) is 119 cm³/mol. The summed E-state index contributed by atoms with van der Waals surface area (Å²) in [7, 11) is 0. The second kappa shape index (κ2) is 12.5. The summed E-state index contributed by atoms with van der Waals surface area (Å²) in [5, 5.41) is 8.68. The zero-order chi connectivity index (χ0) is 20.0. The summed E-state index contributed by atoms with van der Waals surface area (Å²) in [6.07, 6.45) is 17.7. The Labute approximate surface area is 168 Å². The van der Waals surface area contributed by atoms with Crippen molar-refractivity contribution in [2.75, 3.05) is 0 Å². The third-order valence-corrected chi connectivity index (χ3v) is 4.55. The van der Waals surface area contributed by atoms with Gasteiger partial charge in [-0.1, -0.05) is 98.3 Å². The third-order valence-electron chi connectivity index (χ3n) is 4.55. The Hall–Kier alpha value is -2.87. The summed E-state index contributed by atoms with van der Waals surface area (Å²) in [6, 6.07) is 17.0. The Kier molecular flexibility index (Phi) is 9.57. The third kappa shape index (κ3) is 8.68. The lowest BCUT2D eigenvalue weighted by Crippen LogP contribution is -1.95. The van der Waals surface area contributed by atoms with Gasteiger partial charge in [-0.2, -0.15) is 0 Å². The SMILES string of the molecule is CCCCc1ccc(C=CC=CC=Cc2ccc(CCCC(=O)O)cc2)cc1. The van der Waals surface area contributed by atoms with Crippen molar-refractivity contribution in [3.05, 3.63) is 95.1 Å². The minimum absolute atomic E-state index is 0.225. The number of unbranched alkanes of at least 4 members (excludes halogenated alkanes) is 1. The molecule has 2 aromatic carbocycles. The van der Waals surface area contributed by atoms with Gasteiger partial charge >= 0.3 is 5.97 Å². The summed E-state index contributed by atoms with van der Waals surface area (Å²) in [4.78, 5) is 10.5. The molecule has 0 radical (unpaired) electrons. The molecule has 2 nitrogen and oxygen atoms in total. The van der Waals surface area contributed by atoms with Gasteiger partial charge in [0.25, 0.3) is 0 Å². The minimum Gasteiger partial charge on any atom is -0.481 e. The molecule has 0 saturated carbocycles. The van der Waals surface area contributed by atoms with Gasteiger partial charge in [-0.25, -0.2) is 0 Å². The van der Waals surface area contributed by atoms with E-state index in [0.29, 0.717) is 6.42 Å². The van der Waals surface area contributed by atoms with Crippen LogP contribution in [-0.4, -0.2) is 11.1 Å². The number of hydrogen-bond acceptors (Lipinski definition) is 1. The first-order valence-corrected chi connectivity index (χ1v) is 10.1. The highest BCUT2D eigenvalue weighted by Crippen LogP contribution is 2.10. The van der Waals surface area contributed by atoms with Crippen LogP contribution >= 0.6 is 0 Å². The van der Waals surface area contributed by atoms with Crippen molar-refractivity contribution in [1.82, 2.24) is 0 Å². The van der Waals surface area contributed by atoms with E-state index in [-0.39, 0.29) is 6.42 Å². The van der Waals surface area contributed by atoms with Crippen LogP contribution in [0.25, 0.3) is 12.2 Å². The maximum absolute atomic E-state index is 10.5. The lowest BCUT2D eigenvalue weighted by molar-refractivity contribution is -0.137. The van der Waals surface area contributed by atoms with Crippen molar-refractivity contribution >= 4 is 18.1 Å². The van der Waals surface area contributed by atoms with Crippen LogP contribution in [0.5, 0.6) is 0 Å². The van der Waals surface area contributed by atoms with Crippen LogP contribution in [-0.2, 0) is 17.6 Å². The summed E-state index contributed by atoms with van der Waals surface area (Å²) in [6.45, 7) is 2.22. The number of carbonyl (C=O) groups is 1. The molecule has 0 aliphatic rings. The van der Waals surface area contributed by atoms with Gasteiger partial charge in [0.15, 0.2) is 0 Å². The molecule has 0 fully saturated rings. The number of aliphatic carboxylic acids is 1. The molecule has 0 unspecified atom stereocenters. The smallest absolute Gasteiger partial charge is 0.303 e. The summed E-state index contributed by atoms with van der Waals surface area (Å²) in [5.74, 6) is -0.732. The Balaban J connectivity index is 1.76. The first-order valence-electron chi connectivity index (χ1n) is 10.1. The molecular formula is C26H30O2. The molecule has 0 heterocycles. The van der Waals surface area contributed by atoms with Crippen LogP contribution in [0.2, 0.25) is 0 Å². The fourth-order valence-electron chi connectivity index (χ4n) is 2.88. The lowest BCUT2D eigenvalue weighted by atomic mass is 10.1. The summed E-state index contributed by atoms with van der Waals surface area (Å²) in [5.41, 5.74) is 4.94. The monoisotopic (exact) mass is 374 g/mol. The molecule has 0 atom stereocenters. The normalized spacial score (nSPS) is 11.8. The number of rotatable bonds is 11. The number of aryl methyl sites for hydroxylation is 2. The van der Waals surface area contributed by atoms with E-state index in [9.17, 15) is 4.79 Å². The van der Waals surface area contributed by atoms with E-state index in [4.69, 9.17) is 5.11 Å². The molecule has 2 rings (SSSR count). The molecule has 0 aromatic heterocycles. The number of hydrogen-bond donors (Lipinski definition) is 1. The minimum atomic E-state index is -0.732. The molecule has 0 amide bonds. The van der Waals surface area contributed by atoms with E-state index in [1.165, 1.54) is 29.5 Å². The molecule has 146 valence electrons. The Morgan fingerprint density at radius 2 is 1.21 bits per heavy atom. The van der Waals surface area contributed by atoms with E-state index >= 15 is 0 Å². The molecule has 2 heteroatoms. The highest BCUT2D eigenvalue weighted by molar-refractivity contribution is 5.66. The van der Waals surface area contributed by atoms with Crippen molar-refractivity contribution < 1.29 is 9.90 Å². The fraction of sp³-hybridized carbons (Fsp3) is 0.269. The van der Waals surface area contributed by atoms with Crippen molar-refractivity contribution in [2.24, 2.45) is 0 Å². The zero-order valence-electron chi connectivity index (χ0n) is 16.7. The van der Waals surface area contributed by atoms with Crippen molar-refractivity contribution in [3.63, 3.8) is 0 Å². The zero-order valence-corrected chi connectivity index (χ0v) is 16.7. The molecule has 0 aliphatic heterocycles. The van der Waals surface area contributed by atoms with Crippen molar-refractivity contribution in [1.29, 1.82) is 0 Å². The van der Waals surface area contributed by atoms with Gasteiger partial charge in [0.2, 0.25) is 0 Å². The molecule has 2 aromatic rings. The number of benzene rings is 2. The quantitative estimate of drug-likeness (QED) is 0.443. The number of carboxylic acid groups (broad SMARTS) is 1. The van der Waals surface area contributed by atoms with Crippen LogP contribution in [0.3, 0.4) is 0 Å². The van der Waals surface area contributed by atoms with Gasteiger partial charge in [-0.15, -0.1) is 0 Å². The van der Waals surface area contributed by atoms with Crippen molar-refractivity contribution in [3.8, 4) is 0 Å². The van der Waals surface area contributed by atoms with Gasteiger partial charge < -0.3 is 5.11 Å². The molecule has 0 spiro atoms. The van der Waals surface area contributed by atoms with E-state index in [0.717, 1.165) is 18.4 Å². The van der Waals surface area contributed by atoms with E-state index < -0.39 is 5.97 Å². The van der Waals surface area contributed by atoms with Gasteiger partial charge in [0.05, 0.1) is 0 Å². The molecule has 0 bridgehead atoms. The highest BCUT2D eigenvalue weighted by Gasteiger charge is 1.98.